The van der Waals surface area contributed by atoms with Crippen molar-refractivity contribution in [3.05, 3.63) is 40.1 Å². The third-order valence-corrected chi connectivity index (χ3v) is 3.17. The highest BCUT2D eigenvalue weighted by atomic mass is 16.6. The van der Waals surface area contributed by atoms with Crippen molar-refractivity contribution < 1.29 is 19.2 Å². The van der Waals surface area contributed by atoms with Crippen molar-refractivity contribution >= 4 is 17.3 Å². The number of methoxy groups -OCH3 is 1. The normalized spacial score (nSPS) is 11.0. The Morgan fingerprint density at radius 3 is 2.77 bits per heavy atom. The van der Waals surface area contributed by atoms with Crippen LogP contribution in [-0.2, 0) is 9.53 Å². The van der Waals surface area contributed by atoms with Gasteiger partial charge in [0.2, 0.25) is 0 Å². The van der Waals surface area contributed by atoms with Crippen LogP contribution in [0.3, 0.4) is 0 Å². The molecule has 0 atom stereocenters. The summed E-state index contributed by atoms with van der Waals surface area (Å²) in [6.45, 7) is 5.01. The molecule has 0 aliphatic carbocycles. The molecule has 0 radical (unpaired) electrons. The molecular weight excluding hydrogens is 340 g/mol. The first-order chi connectivity index (χ1) is 12.4. The highest BCUT2D eigenvalue weighted by Gasteiger charge is 2.15. The van der Waals surface area contributed by atoms with Gasteiger partial charge < -0.3 is 20.1 Å². The molecule has 9 nitrogen and oxygen atoms in total. The maximum atomic E-state index is 12.2. The van der Waals surface area contributed by atoms with Crippen molar-refractivity contribution in [2.45, 2.75) is 26.4 Å². The molecule has 0 aromatic heterocycles. The minimum absolute atomic E-state index is 0.128. The zero-order valence-electron chi connectivity index (χ0n) is 14.9. The first-order valence-electron chi connectivity index (χ1n) is 7.98. The molecule has 1 amide bonds. The minimum atomic E-state index is -0.648. The number of carbonyl (C=O) groups is 1. The van der Waals surface area contributed by atoms with Crippen molar-refractivity contribution in [2.75, 3.05) is 25.6 Å². The second kappa shape index (κ2) is 10.7. The van der Waals surface area contributed by atoms with Crippen molar-refractivity contribution in [1.29, 1.82) is 5.26 Å². The number of nitrogens with one attached hydrogen (secondary N) is 2. The number of hydrogen-bond donors (Lipinski definition) is 2. The smallest absolute Gasteiger partial charge is 0.273 e. The van der Waals surface area contributed by atoms with Gasteiger partial charge in [-0.1, -0.05) is 0 Å². The summed E-state index contributed by atoms with van der Waals surface area (Å²) in [5.41, 5.74) is -0.0639. The lowest BCUT2D eigenvalue weighted by Crippen LogP contribution is -2.18. The summed E-state index contributed by atoms with van der Waals surface area (Å²) >= 11 is 0. The molecular formula is C17H22N4O5. The van der Waals surface area contributed by atoms with Crippen molar-refractivity contribution in [3.63, 3.8) is 0 Å². The van der Waals surface area contributed by atoms with Crippen LogP contribution in [0.4, 0.5) is 11.4 Å². The van der Waals surface area contributed by atoms with E-state index in [-0.39, 0.29) is 28.8 Å². The standard InChI is InChI=1S/C17H22N4O5/c1-12(2)26-8-4-7-19-11-13(10-18)17(22)20-15-6-5-14(21(23)24)9-16(15)25-3/h5-6,9,11-12,19H,4,7-8H2,1-3H3,(H,20,22)/b13-11-. The van der Waals surface area contributed by atoms with Gasteiger partial charge in [-0.3, -0.25) is 14.9 Å². The molecule has 0 spiro atoms. The van der Waals surface area contributed by atoms with Crippen LogP contribution in [0, 0.1) is 21.4 Å². The number of nitro benzene ring substituents is 1. The molecule has 2 N–H and O–H groups in total. The molecule has 1 aromatic rings. The average Bonchev–Trinajstić information content (AvgIpc) is 2.60. The predicted octanol–water partition coefficient (Wildman–Crippen LogP) is 2.35. The Morgan fingerprint density at radius 1 is 1.46 bits per heavy atom. The number of amides is 1. The van der Waals surface area contributed by atoms with Crippen LogP contribution in [-0.4, -0.2) is 37.2 Å². The van der Waals surface area contributed by atoms with Gasteiger partial charge in [-0.2, -0.15) is 5.26 Å². The quantitative estimate of drug-likeness (QED) is 0.215. The molecule has 0 saturated heterocycles. The summed E-state index contributed by atoms with van der Waals surface area (Å²) in [5, 5.41) is 25.3. The second-order valence-electron chi connectivity index (χ2n) is 5.49. The van der Waals surface area contributed by atoms with E-state index in [0.717, 1.165) is 6.42 Å². The van der Waals surface area contributed by atoms with E-state index < -0.39 is 10.8 Å². The summed E-state index contributed by atoms with van der Waals surface area (Å²) in [6.07, 6.45) is 2.20. The number of carbonyl (C=O) groups excluding carboxylic acids is 1. The van der Waals surface area contributed by atoms with Crippen LogP contribution in [0.5, 0.6) is 5.75 Å². The number of anilines is 1. The number of ether oxygens (including phenoxy) is 2. The van der Waals surface area contributed by atoms with Crippen LogP contribution in [0.2, 0.25) is 0 Å². The van der Waals surface area contributed by atoms with E-state index in [1.807, 2.05) is 13.8 Å². The second-order valence-corrected chi connectivity index (χ2v) is 5.49. The van der Waals surface area contributed by atoms with Gasteiger partial charge in [-0.15, -0.1) is 0 Å². The summed E-state index contributed by atoms with van der Waals surface area (Å²) in [4.78, 5) is 22.4. The number of nitrogens with zero attached hydrogens (tertiary/aromatic N) is 2. The highest BCUT2D eigenvalue weighted by Crippen LogP contribution is 2.29. The Morgan fingerprint density at radius 2 is 2.19 bits per heavy atom. The van der Waals surface area contributed by atoms with E-state index >= 15 is 0 Å². The largest absolute Gasteiger partial charge is 0.494 e. The van der Waals surface area contributed by atoms with Crippen LogP contribution in [0.15, 0.2) is 30.0 Å². The fourth-order valence-electron chi connectivity index (χ4n) is 1.90. The van der Waals surface area contributed by atoms with E-state index in [9.17, 15) is 14.9 Å². The zero-order valence-corrected chi connectivity index (χ0v) is 14.9. The van der Waals surface area contributed by atoms with Crippen LogP contribution in [0.25, 0.3) is 0 Å². The molecule has 1 aromatic carbocycles. The average molecular weight is 362 g/mol. The number of nitro groups is 1. The lowest BCUT2D eigenvalue weighted by atomic mass is 10.2. The van der Waals surface area contributed by atoms with E-state index in [4.69, 9.17) is 14.7 Å². The zero-order chi connectivity index (χ0) is 19.5. The number of hydrogen-bond acceptors (Lipinski definition) is 7. The van der Waals surface area contributed by atoms with E-state index in [0.29, 0.717) is 13.2 Å². The maximum absolute atomic E-state index is 12.2. The molecule has 0 aliphatic rings. The molecule has 0 heterocycles. The SMILES string of the molecule is COc1cc([N+](=O)[O-])ccc1NC(=O)/C(C#N)=C\NCCCOC(C)C. The molecule has 9 heteroatoms. The fraction of sp³-hybridized carbons (Fsp3) is 0.412. The van der Waals surface area contributed by atoms with Gasteiger partial charge in [-0.05, 0) is 26.3 Å². The van der Waals surface area contributed by atoms with Gasteiger partial charge in [0.1, 0.15) is 17.4 Å². The molecule has 1 rings (SSSR count). The van der Waals surface area contributed by atoms with Crippen LogP contribution in [0.1, 0.15) is 20.3 Å². The van der Waals surface area contributed by atoms with Gasteiger partial charge in [0.25, 0.3) is 11.6 Å². The Balaban J connectivity index is 2.68. The predicted molar refractivity (Wildman–Crippen MR) is 95.7 cm³/mol. The Bertz CT molecular complexity index is 710. The fourth-order valence-corrected chi connectivity index (χ4v) is 1.90. The third-order valence-electron chi connectivity index (χ3n) is 3.17. The lowest BCUT2D eigenvalue weighted by Gasteiger charge is -2.10. The van der Waals surface area contributed by atoms with Crippen LogP contribution >= 0.6 is 0 Å². The minimum Gasteiger partial charge on any atom is -0.494 e. The van der Waals surface area contributed by atoms with Crippen molar-refractivity contribution in [3.8, 4) is 11.8 Å². The van der Waals surface area contributed by atoms with Gasteiger partial charge in [0.15, 0.2) is 0 Å². The molecule has 0 bridgehead atoms. The lowest BCUT2D eigenvalue weighted by molar-refractivity contribution is -0.384. The summed E-state index contributed by atoms with van der Waals surface area (Å²) < 4.78 is 10.4. The summed E-state index contributed by atoms with van der Waals surface area (Å²) in [7, 11) is 1.33. The molecule has 140 valence electrons. The Kier molecular flexibility index (Phi) is 8.60. The van der Waals surface area contributed by atoms with Crippen molar-refractivity contribution in [2.24, 2.45) is 0 Å². The van der Waals surface area contributed by atoms with Gasteiger partial charge >= 0.3 is 0 Å². The van der Waals surface area contributed by atoms with E-state index in [1.165, 1.54) is 31.5 Å². The number of non-ortho nitro benzene ring substituents is 1. The summed E-state index contributed by atoms with van der Waals surface area (Å²) in [5.74, 6) is -0.519. The number of rotatable bonds is 10. The van der Waals surface area contributed by atoms with Crippen molar-refractivity contribution in [1.82, 2.24) is 5.32 Å². The van der Waals surface area contributed by atoms with E-state index in [1.54, 1.807) is 6.07 Å². The maximum Gasteiger partial charge on any atom is 0.273 e. The highest BCUT2D eigenvalue weighted by molar-refractivity contribution is 6.07. The van der Waals surface area contributed by atoms with Crippen LogP contribution < -0.4 is 15.4 Å². The number of nitriles is 1. The first-order valence-corrected chi connectivity index (χ1v) is 7.98. The first kappa shape index (κ1) is 20.9. The Hall–Kier alpha value is -3.12. The molecule has 0 saturated carbocycles. The van der Waals surface area contributed by atoms with Gasteiger partial charge in [-0.25, -0.2) is 0 Å². The molecule has 0 fully saturated rings. The monoisotopic (exact) mass is 362 g/mol. The summed E-state index contributed by atoms with van der Waals surface area (Å²) in [6, 6.07) is 5.58. The molecule has 26 heavy (non-hydrogen) atoms. The Labute approximate surface area is 151 Å². The van der Waals surface area contributed by atoms with Gasteiger partial charge in [0, 0.05) is 25.4 Å². The third kappa shape index (κ3) is 6.78. The molecule has 0 aliphatic heterocycles. The van der Waals surface area contributed by atoms with E-state index in [2.05, 4.69) is 10.6 Å². The van der Waals surface area contributed by atoms with Gasteiger partial charge in [0.05, 0.1) is 29.9 Å². The molecule has 0 unspecified atom stereocenters. The topological polar surface area (TPSA) is 127 Å². The number of benzene rings is 1.